The zero-order valence-electron chi connectivity index (χ0n) is 9.22. The number of hydrogen-bond donors (Lipinski definition) is 1. The summed E-state index contributed by atoms with van der Waals surface area (Å²) in [6, 6.07) is 3.34. The van der Waals surface area contributed by atoms with Crippen LogP contribution in [0.5, 0.6) is 0 Å². The fraction of sp³-hybridized carbons (Fsp3) is 0.182. The van der Waals surface area contributed by atoms with Crippen LogP contribution in [0.1, 0.15) is 15.9 Å². The average molecular weight is 251 g/mol. The topological polar surface area (TPSA) is 61.9 Å². The summed E-state index contributed by atoms with van der Waals surface area (Å²) in [5, 5.41) is 6.74. The Morgan fingerprint density at radius 3 is 3.06 bits per heavy atom. The van der Waals surface area contributed by atoms with Gasteiger partial charge in [-0.05, 0) is 12.1 Å². The molecule has 6 heteroatoms. The van der Waals surface area contributed by atoms with Crippen molar-refractivity contribution in [2.75, 3.05) is 7.05 Å². The summed E-state index contributed by atoms with van der Waals surface area (Å²) >= 11 is 5.87. The van der Waals surface area contributed by atoms with Crippen LogP contribution in [0.3, 0.4) is 0 Å². The molecule has 2 rings (SSSR count). The average Bonchev–Trinajstić information content (AvgIpc) is 2.81. The maximum atomic E-state index is 12.1. The third-order valence-electron chi connectivity index (χ3n) is 2.31. The molecular formula is C11H11ClN4O. The minimum atomic E-state index is -0.163. The van der Waals surface area contributed by atoms with Gasteiger partial charge < -0.3 is 4.90 Å². The lowest BCUT2D eigenvalue weighted by atomic mass is 10.2. The summed E-state index contributed by atoms with van der Waals surface area (Å²) in [5.74, 6) is -0.163. The number of pyridine rings is 1. The maximum absolute atomic E-state index is 12.1. The van der Waals surface area contributed by atoms with Crippen LogP contribution >= 0.6 is 11.6 Å². The molecule has 0 atom stereocenters. The number of nitrogens with one attached hydrogen (secondary N) is 1. The lowest BCUT2D eigenvalue weighted by Gasteiger charge is -2.16. The van der Waals surface area contributed by atoms with E-state index in [2.05, 4.69) is 15.2 Å². The first-order valence-corrected chi connectivity index (χ1v) is 5.40. The maximum Gasteiger partial charge on any atom is 0.257 e. The summed E-state index contributed by atoms with van der Waals surface area (Å²) in [6.07, 6.45) is 4.97. The number of amides is 1. The van der Waals surface area contributed by atoms with E-state index in [0.717, 1.165) is 5.56 Å². The van der Waals surface area contributed by atoms with Crippen LogP contribution in [-0.4, -0.2) is 33.0 Å². The van der Waals surface area contributed by atoms with Crippen molar-refractivity contribution in [2.24, 2.45) is 0 Å². The molecule has 5 nitrogen and oxygen atoms in total. The highest BCUT2D eigenvalue weighted by molar-refractivity contribution is 6.32. The number of H-pyrrole nitrogens is 1. The van der Waals surface area contributed by atoms with Crippen LogP contribution in [0.2, 0.25) is 5.15 Å². The normalized spacial score (nSPS) is 10.2. The number of halogens is 1. The third-order valence-corrected chi connectivity index (χ3v) is 2.61. The molecule has 0 saturated heterocycles. The van der Waals surface area contributed by atoms with Gasteiger partial charge in [0.25, 0.3) is 5.91 Å². The van der Waals surface area contributed by atoms with Crippen LogP contribution in [0.15, 0.2) is 30.7 Å². The van der Waals surface area contributed by atoms with E-state index >= 15 is 0 Å². The fourth-order valence-corrected chi connectivity index (χ4v) is 1.66. The summed E-state index contributed by atoms with van der Waals surface area (Å²) < 4.78 is 0. The highest BCUT2D eigenvalue weighted by Gasteiger charge is 2.15. The number of aromatic amines is 1. The lowest BCUT2D eigenvalue weighted by molar-refractivity contribution is 0.0785. The molecule has 0 spiro atoms. The van der Waals surface area contributed by atoms with Crippen molar-refractivity contribution < 1.29 is 4.79 Å². The standard InChI is InChI=1S/C11H11ClN4O/c1-16(7-8-5-14-15-6-8)11(17)9-3-2-4-13-10(9)12/h2-6H,7H2,1H3,(H,14,15). The Hall–Kier alpha value is -1.88. The molecule has 0 fully saturated rings. The first-order valence-electron chi connectivity index (χ1n) is 5.02. The minimum absolute atomic E-state index is 0.163. The zero-order chi connectivity index (χ0) is 12.3. The molecule has 0 aliphatic heterocycles. The molecule has 0 aromatic carbocycles. The van der Waals surface area contributed by atoms with Gasteiger partial charge in [0, 0.05) is 31.5 Å². The van der Waals surface area contributed by atoms with Crippen LogP contribution in [0.4, 0.5) is 0 Å². The molecule has 2 heterocycles. The van der Waals surface area contributed by atoms with Crippen LogP contribution in [0, 0.1) is 0 Å². The van der Waals surface area contributed by atoms with Gasteiger partial charge in [-0.15, -0.1) is 0 Å². The number of nitrogens with zero attached hydrogens (tertiary/aromatic N) is 3. The van der Waals surface area contributed by atoms with Gasteiger partial charge in [0.15, 0.2) is 0 Å². The van der Waals surface area contributed by atoms with Gasteiger partial charge in [0.05, 0.1) is 11.8 Å². The summed E-state index contributed by atoms with van der Waals surface area (Å²) in [5.41, 5.74) is 1.33. The van der Waals surface area contributed by atoms with Crippen LogP contribution in [-0.2, 0) is 6.54 Å². The van der Waals surface area contributed by atoms with E-state index in [1.165, 1.54) is 0 Å². The third kappa shape index (κ3) is 2.62. The van der Waals surface area contributed by atoms with E-state index in [0.29, 0.717) is 12.1 Å². The van der Waals surface area contributed by atoms with Crippen molar-refractivity contribution in [1.82, 2.24) is 20.1 Å². The number of hydrogen-bond acceptors (Lipinski definition) is 3. The quantitative estimate of drug-likeness (QED) is 0.844. The van der Waals surface area contributed by atoms with E-state index in [1.807, 2.05) is 0 Å². The Morgan fingerprint density at radius 2 is 2.41 bits per heavy atom. The van der Waals surface area contributed by atoms with E-state index < -0.39 is 0 Å². The van der Waals surface area contributed by atoms with Gasteiger partial charge in [0.1, 0.15) is 5.15 Å². The van der Waals surface area contributed by atoms with E-state index in [9.17, 15) is 4.79 Å². The Kier molecular flexibility index (Phi) is 3.39. The van der Waals surface area contributed by atoms with Gasteiger partial charge >= 0.3 is 0 Å². The predicted molar refractivity (Wildman–Crippen MR) is 63.6 cm³/mol. The highest BCUT2D eigenvalue weighted by atomic mass is 35.5. The van der Waals surface area contributed by atoms with Gasteiger partial charge in [-0.2, -0.15) is 5.10 Å². The van der Waals surface area contributed by atoms with Crippen molar-refractivity contribution in [3.63, 3.8) is 0 Å². The molecule has 1 N–H and O–H groups in total. The zero-order valence-corrected chi connectivity index (χ0v) is 9.98. The summed E-state index contributed by atoms with van der Waals surface area (Å²) in [7, 11) is 1.71. The van der Waals surface area contributed by atoms with Gasteiger partial charge in [0.2, 0.25) is 0 Å². The number of carbonyl (C=O) groups is 1. The smallest absolute Gasteiger partial charge is 0.257 e. The molecular weight excluding hydrogens is 240 g/mol. The van der Waals surface area contributed by atoms with Crippen molar-refractivity contribution >= 4 is 17.5 Å². The molecule has 17 heavy (non-hydrogen) atoms. The van der Waals surface area contributed by atoms with E-state index in [1.54, 1.807) is 42.7 Å². The van der Waals surface area contributed by atoms with Gasteiger partial charge in [-0.1, -0.05) is 11.6 Å². The van der Waals surface area contributed by atoms with Gasteiger partial charge in [-0.25, -0.2) is 4.98 Å². The molecule has 0 aliphatic rings. The van der Waals surface area contributed by atoms with Crippen molar-refractivity contribution in [1.29, 1.82) is 0 Å². The highest BCUT2D eigenvalue weighted by Crippen LogP contribution is 2.14. The molecule has 0 bridgehead atoms. The first-order chi connectivity index (χ1) is 8.18. The van der Waals surface area contributed by atoms with E-state index in [4.69, 9.17) is 11.6 Å². The molecule has 0 aliphatic carbocycles. The number of carbonyl (C=O) groups excluding carboxylic acids is 1. The second kappa shape index (κ2) is 4.97. The minimum Gasteiger partial charge on any atom is -0.337 e. The van der Waals surface area contributed by atoms with Crippen LogP contribution in [0.25, 0.3) is 0 Å². The largest absolute Gasteiger partial charge is 0.337 e. The summed E-state index contributed by atoms with van der Waals surface area (Å²) in [4.78, 5) is 17.5. The number of rotatable bonds is 3. The molecule has 2 aromatic heterocycles. The SMILES string of the molecule is CN(Cc1cn[nH]c1)C(=O)c1cccnc1Cl. The molecule has 0 unspecified atom stereocenters. The van der Waals surface area contributed by atoms with Crippen LogP contribution < -0.4 is 0 Å². The molecule has 1 amide bonds. The molecule has 2 aromatic rings. The molecule has 0 radical (unpaired) electrons. The summed E-state index contributed by atoms with van der Waals surface area (Å²) in [6.45, 7) is 0.473. The van der Waals surface area contributed by atoms with Crippen molar-refractivity contribution in [3.05, 3.63) is 47.0 Å². The Morgan fingerprint density at radius 1 is 1.59 bits per heavy atom. The van der Waals surface area contributed by atoms with Crippen molar-refractivity contribution in [2.45, 2.75) is 6.54 Å². The second-order valence-electron chi connectivity index (χ2n) is 3.61. The first kappa shape index (κ1) is 11.6. The Balaban J connectivity index is 2.13. The molecule has 0 saturated carbocycles. The fourth-order valence-electron chi connectivity index (χ4n) is 1.46. The van der Waals surface area contributed by atoms with Crippen molar-refractivity contribution in [3.8, 4) is 0 Å². The predicted octanol–water partition coefficient (Wildman–Crippen LogP) is 1.73. The van der Waals surface area contributed by atoms with Gasteiger partial charge in [-0.3, -0.25) is 9.89 Å². The Labute approximate surface area is 103 Å². The Bertz CT molecular complexity index is 512. The monoisotopic (exact) mass is 250 g/mol. The van der Waals surface area contributed by atoms with E-state index in [-0.39, 0.29) is 11.1 Å². The number of aromatic nitrogens is 3. The molecule has 88 valence electrons. The lowest BCUT2D eigenvalue weighted by Crippen LogP contribution is -2.26. The second-order valence-corrected chi connectivity index (χ2v) is 3.97.